The minimum atomic E-state index is 0.616. The Morgan fingerprint density at radius 3 is 3.00 bits per heavy atom. The Hall–Kier alpha value is -0.670. The maximum Gasteiger partial charge on any atom is 0.0739 e. The highest BCUT2D eigenvalue weighted by Crippen LogP contribution is 2.28. The molecule has 2 nitrogen and oxygen atoms in total. The third-order valence-corrected chi connectivity index (χ3v) is 2.59. The van der Waals surface area contributed by atoms with Gasteiger partial charge >= 0.3 is 0 Å². The molecule has 0 bridgehead atoms. The fraction of sp³-hybridized carbons (Fsp3) is 0.222. The lowest BCUT2D eigenvalue weighted by atomic mass is 10.0. The first-order chi connectivity index (χ1) is 5.79. The van der Waals surface area contributed by atoms with E-state index in [1.165, 1.54) is 0 Å². The standard InChI is InChI=1S/C9H8BrNO/c1-6-4-12-5-8-7(6)2-11-3-9(8)10/h2-3H,1,4-5H2. The van der Waals surface area contributed by atoms with E-state index in [0.717, 1.165) is 21.2 Å². The summed E-state index contributed by atoms with van der Waals surface area (Å²) in [5, 5.41) is 0. The first-order valence-corrected chi connectivity index (χ1v) is 4.46. The Balaban J connectivity index is 2.59. The predicted molar refractivity (Wildman–Crippen MR) is 50.6 cm³/mol. The summed E-state index contributed by atoms with van der Waals surface area (Å²) in [5.41, 5.74) is 3.28. The number of rotatable bonds is 0. The molecule has 0 fully saturated rings. The zero-order chi connectivity index (χ0) is 8.55. The van der Waals surface area contributed by atoms with E-state index in [0.29, 0.717) is 13.2 Å². The maximum atomic E-state index is 5.33. The highest BCUT2D eigenvalue weighted by molar-refractivity contribution is 9.10. The Labute approximate surface area is 79.4 Å². The molecule has 0 saturated heterocycles. The molecule has 0 amide bonds. The van der Waals surface area contributed by atoms with Crippen LogP contribution in [-0.2, 0) is 11.3 Å². The fourth-order valence-electron chi connectivity index (χ4n) is 1.27. The highest BCUT2D eigenvalue weighted by atomic mass is 79.9. The molecular weight excluding hydrogens is 218 g/mol. The lowest BCUT2D eigenvalue weighted by Gasteiger charge is -2.18. The molecule has 3 heteroatoms. The first-order valence-electron chi connectivity index (χ1n) is 3.67. The van der Waals surface area contributed by atoms with E-state index in [4.69, 9.17) is 4.74 Å². The van der Waals surface area contributed by atoms with Crippen molar-refractivity contribution in [1.82, 2.24) is 4.98 Å². The largest absolute Gasteiger partial charge is 0.372 e. The third kappa shape index (κ3) is 1.19. The summed E-state index contributed by atoms with van der Waals surface area (Å²) in [6, 6.07) is 0. The van der Waals surface area contributed by atoms with Crippen LogP contribution in [0.5, 0.6) is 0 Å². The molecule has 1 aromatic rings. The number of hydrogen-bond donors (Lipinski definition) is 0. The van der Waals surface area contributed by atoms with Gasteiger partial charge in [0.05, 0.1) is 13.2 Å². The molecule has 0 aromatic carbocycles. The van der Waals surface area contributed by atoms with E-state index < -0.39 is 0 Å². The van der Waals surface area contributed by atoms with E-state index >= 15 is 0 Å². The molecule has 0 N–H and O–H groups in total. The second-order valence-corrected chi connectivity index (χ2v) is 3.60. The van der Waals surface area contributed by atoms with Crippen LogP contribution in [0.4, 0.5) is 0 Å². The van der Waals surface area contributed by atoms with Crippen molar-refractivity contribution in [1.29, 1.82) is 0 Å². The van der Waals surface area contributed by atoms with E-state index in [1.54, 1.807) is 6.20 Å². The van der Waals surface area contributed by atoms with Crippen molar-refractivity contribution < 1.29 is 4.74 Å². The Morgan fingerprint density at radius 1 is 1.42 bits per heavy atom. The second kappa shape index (κ2) is 2.99. The molecule has 2 heterocycles. The van der Waals surface area contributed by atoms with Crippen LogP contribution in [0, 0.1) is 0 Å². The van der Waals surface area contributed by atoms with E-state index in [1.807, 2.05) is 6.20 Å². The van der Waals surface area contributed by atoms with Crippen LogP contribution in [0.1, 0.15) is 11.1 Å². The molecule has 1 aliphatic rings. The van der Waals surface area contributed by atoms with Crippen molar-refractivity contribution in [3.63, 3.8) is 0 Å². The van der Waals surface area contributed by atoms with Crippen LogP contribution in [0.2, 0.25) is 0 Å². The van der Waals surface area contributed by atoms with Gasteiger partial charge in [0.25, 0.3) is 0 Å². The summed E-state index contributed by atoms with van der Waals surface area (Å²) in [4.78, 5) is 4.08. The van der Waals surface area contributed by atoms with Gasteiger partial charge in [-0.1, -0.05) is 6.58 Å². The van der Waals surface area contributed by atoms with E-state index in [9.17, 15) is 0 Å². The molecule has 0 unspecified atom stereocenters. The van der Waals surface area contributed by atoms with Gasteiger partial charge in [0.1, 0.15) is 0 Å². The minimum Gasteiger partial charge on any atom is -0.372 e. The monoisotopic (exact) mass is 225 g/mol. The zero-order valence-electron chi connectivity index (χ0n) is 6.51. The molecule has 0 radical (unpaired) electrons. The van der Waals surface area contributed by atoms with Gasteiger partial charge in [-0.3, -0.25) is 4.98 Å². The van der Waals surface area contributed by atoms with Crippen molar-refractivity contribution in [2.24, 2.45) is 0 Å². The highest BCUT2D eigenvalue weighted by Gasteiger charge is 2.15. The zero-order valence-corrected chi connectivity index (χ0v) is 8.10. The minimum absolute atomic E-state index is 0.616. The molecule has 2 rings (SSSR count). The number of ether oxygens (including phenoxy) is 1. The summed E-state index contributed by atoms with van der Waals surface area (Å²) in [6.07, 6.45) is 3.62. The normalized spacial score (nSPS) is 15.9. The lowest BCUT2D eigenvalue weighted by molar-refractivity contribution is 0.146. The summed E-state index contributed by atoms with van der Waals surface area (Å²) in [5.74, 6) is 0. The summed E-state index contributed by atoms with van der Waals surface area (Å²) >= 11 is 3.43. The van der Waals surface area contributed by atoms with Gasteiger partial charge in [0.15, 0.2) is 0 Å². The molecule has 1 aliphatic heterocycles. The fourth-order valence-corrected chi connectivity index (χ4v) is 1.71. The molecule has 62 valence electrons. The van der Waals surface area contributed by atoms with Crippen molar-refractivity contribution in [2.75, 3.05) is 6.61 Å². The van der Waals surface area contributed by atoms with Crippen LogP contribution in [0.25, 0.3) is 5.57 Å². The van der Waals surface area contributed by atoms with Crippen molar-refractivity contribution >= 4 is 21.5 Å². The molecule has 0 spiro atoms. The Morgan fingerprint density at radius 2 is 2.25 bits per heavy atom. The van der Waals surface area contributed by atoms with Crippen LogP contribution in [0.3, 0.4) is 0 Å². The van der Waals surface area contributed by atoms with Crippen LogP contribution >= 0.6 is 15.9 Å². The van der Waals surface area contributed by atoms with Gasteiger partial charge in [-0.15, -0.1) is 0 Å². The average Bonchev–Trinajstić information content (AvgIpc) is 2.07. The van der Waals surface area contributed by atoms with Crippen LogP contribution < -0.4 is 0 Å². The smallest absolute Gasteiger partial charge is 0.0739 e. The molecular formula is C9H8BrNO. The van der Waals surface area contributed by atoms with Crippen LogP contribution in [-0.4, -0.2) is 11.6 Å². The molecule has 0 saturated carbocycles. The number of nitrogens with zero attached hydrogens (tertiary/aromatic N) is 1. The van der Waals surface area contributed by atoms with Crippen molar-refractivity contribution in [3.05, 3.63) is 34.6 Å². The molecule has 1 aromatic heterocycles. The summed E-state index contributed by atoms with van der Waals surface area (Å²) in [7, 11) is 0. The SMILES string of the molecule is C=C1COCc2c(Br)cncc21. The molecule has 0 aliphatic carbocycles. The maximum absolute atomic E-state index is 5.33. The van der Waals surface area contributed by atoms with Gasteiger partial charge in [0, 0.05) is 28.0 Å². The van der Waals surface area contributed by atoms with Crippen molar-refractivity contribution in [2.45, 2.75) is 6.61 Å². The number of hydrogen-bond acceptors (Lipinski definition) is 2. The Kier molecular flexibility index (Phi) is 1.98. The molecule has 0 atom stereocenters. The van der Waals surface area contributed by atoms with E-state index in [2.05, 4.69) is 27.5 Å². The van der Waals surface area contributed by atoms with E-state index in [-0.39, 0.29) is 0 Å². The van der Waals surface area contributed by atoms with Gasteiger partial charge in [-0.2, -0.15) is 0 Å². The summed E-state index contributed by atoms with van der Waals surface area (Å²) < 4.78 is 6.33. The second-order valence-electron chi connectivity index (χ2n) is 2.74. The van der Waals surface area contributed by atoms with Gasteiger partial charge < -0.3 is 4.74 Å². The quantitative estimate of drug-likeness (QED) is 0.677. The number of pyridine rings is 1. The predicted octanol–water partition coefficient (Wildman–Crippen LogP) is 2.39. The van der Waals surface area contributed by atoms with Crippen LogP contribution in [0.15, 0.2) is 23.4 Å². The average molecular weight is 226 g/mol. The lowest BCUT2D eigenvalue weighted by Crippen LogP contribution is -2.09. The number of aromatic nitrogens is 1. The topological polar surface area (TPSA) is 22.1 Å². The van der Waals surface area contributed by atoms with Crippen molar-refractivity contribution in [3.8, 4) is 0 Å². The van der Waals surface area contributed by atoms with Gasteiger partial charge in [0.2, 0.25) is 0 Å². The summed E-state index contributed by atoms with van der Waals surface area (Å²) in [6.45, 7) is 5.18. The van der Waals surface area contributed by atoms with Gasteiger partial charge in [-0.25, -0.2) is 0 Å². The third-order valence-electron chi connectivity index (χ3n) is 1.91. The first kappa shape index (κ1) is 7.95. The molecule has 12 heavy (non-hydrogen) atoms. The van der Waals surface area contributed by atoms with Gasteiger partial charge in [-0.05, 0) is 21.5 Å². The number of halogens is 1. The Bertz CT molecular complexity index is 335. The number of fused-ring (bicyclic) bond motifs is 1.